The van der Waals surface area contributed by atoms with E-state index in [2.05, 4.69) is 15.3 Å². The number of nitrogen functional groups attached to an aromatic ring is 1. The molecule has 0 aliphatic carbocycles. The molecule has 128 valence electrons. The molecule has 1 aliphatic rings. The molecule has 1 fully saturated rings. The number of ether oxygens (including phenoxy) is 1. The van der Waals surface area contributed by atoms with Gasteiger partial charge < -0.3 is 20.7 Å². The molecule has 3 N–H and O–H groups in total. The van der Waals surface area contributed by atoms with Crippen molar-refractivity contribution >= 4 is 11.9 Å². The average molecular weight is 321 g/mol. The molecule has 1 saturated heterocycles. The maximum Gasteiger partial charge on any atom is 0.410 e. The molecule has 0 saturated carbocycles. The van der Waals surface area contributed by atoms with E-state index in [0.717, 1.165) is 25.8 Å². The Morgan fingerprint density at radius 2 is 2.22 bits per heavy atom. The lowest BCUT2D eigenvalue weighted by Crippen LogP contribution is -2.38. The standard InChI is InChI=1S/C16H27N5O2/c1-16(2,3)23-15(22)21-9-4-5-12(7-10-21)19-11-14-18-8-6-13(17)20-14/h6,8,12,19H,4-5,7,9-11H2,1-3H3,(H2,17,18,20). The number of hydrogen-bond acceptors (Lipinski definition) is 6. The van der Waals surface area contributed by atoms with Gasteiger partial charge in [0.1, 0.15) is 17.2 Å². The average Bonchev–Trinajstić information content (AvgIpc) is 2.69. The van der Waals surface area contributed by atoms with Crippen LogP contribution in [-0.2, 0) is 11.3 Å². The van der Waals surface area contributed by atoms with Crippen molar-refractivity contribution in [3.05, 3.63) is 18.1 Å². The van der Waals surface area contributed by atoms with Crippen LogP contribution >= 0.6 is 0 Å². The Hall–Kier alpha value is -1.89. The number of amides is 1. The zero-order chi connectivity index (χ0) is 16.9. The minimum Gasteiger partial charge on any atom is -0.444 e. The summed E-state index contributed by atoms with van der Waals surface area (Å²) >= 11 is 0. The van der Waals surface area contributed by atoms with Gasteiger partial charge in [0.05, 0.1) is 6.54 Å². The van der Waals surface area contributed by atoms with Gasteiger partial charge in [0.25, 0.3) is 0 Å². The third-order valence-corrected chi connectivity index (χ3v) is 3.66. The molecular weight excluding hydrogens is 294 g/mol. The van der Waals surface area contributed by atoms with Crippen LogP contribution in [0.25, 0.3) is 0 Å². The summed E-state index contributed by atoms with van der Waals surface area (Å²) in [6.45, 7) is 7.68. The van der Waals surface area contributed by atoms with Gasteiger partial charge in [-0.3, -0.25) is 0 Å². The van der Waals surface area contributed by atoms with Crippen molar-refractivity contribution in [3.63, 3.8) is 0 Å². The first-order valence-electron chi connectivity index (χ1n) is 8.12. The lowest BCUT2D eigenvalue weighted by molar-refractivity contribution is 0.0256. The molecule has 1 aliphatic heterocycles. The molecule has 23 heavy (non-hydrogen) atoms. The number of nitrogens with one attached hydrogen (secondary N) is 1. The zero-order valence-electron chi connectivity index (χ0n) is 14.2. The first-order chi connectivity index (χ1) is 10.8. The molecule has 1 atom stereocenters. The molecule has 0 radical (unpaired) electrons. The van der Waals surface area contributed by atoms with Gasteiger partial charge in [-0.25, -0.2) is 14.8 Å². The van der Waals surface area contributed by atoms with Crippen LogP contribution in [0.15, 0.2) is 12.3 Å². The van der Waals surface area contributed by atoms with Crippen LogP contribution in [0, 0.1) is 0 Å². The maximum absolute atomic E-state index is 12.1. The molecule has 0 bridgehead atoms. The van der Waals surface area contributed by atoms with E-state index in [1.807, 2.05) is 20.8 Å². The predicted molar refractivity (Wildman–Crippen MR) is 88.7 cm³/mol. The Bertz CT molecular complexity index is 529. The Balaban J connectivity index is 1.80. The van der Waals surface area contributed by atoms with Gasteiger partial charge in [-0.05, 0) is 46.1 Å². The van der Waals surface area contributed by atoms with Crippen LogP contribution in [0.1, 0.15) is 45.9 Å². The fourth-order valence-corrected chi connectivity index (χ4v) is 2.55. The summed E-state index contributed by atoms with van der Waals surface area (Å²) in [6.07, 6.45) is 4.30. The number of carbonyl (C=O) groups is 1. The van der Waals surface area contributed by atoms with Gasteiger partial charge in [0.15, 0.2) is 0 Å². The normalized spacial score (nSPS) is 19.3. The van der Waals surface area contributed by atoms with E-state index >= 15 is 0 Å². The van der Waals surface area contributed by atoms with Gasteiger partial charge >= 0.3 is 6.09 Å². The number of aromatic nitrogens is 2. The minimum atomic E-state index is -0.453. The van der Waals surface area contributed by atoms with Crippen molar-refractivity contribution < 1.29 is 9.53 Å². The monoisotopic (exact) mass is 321 g/mol. The van der Waals surface area contributed by atoms with Gasteiger partial charge in [0.2, 0.25) is 0 Å². The molecule has 1 amide bonds. The number of rotatable bonds is 3. The first-order valence-corrected chi connectivity index (χ1v) is 8.12. The number of carbonyl (C=O) groups excluding carboxylic acids is 1. The van der Waals surface area contributed by atoms with E-state index in [1.54, 1.807) is 17.2 Å². The van der Waals surface area contributed by atoms with Gasteiger partial charge in [-0.2, -0.15) is 0 Å². The summed E-state index contributed by atoms with van der Waals surface area (Å²) in [5.41, 5.74) is 5.20. The summed E-state index contributed by atoms with van der Waals surface area (Å²) < 4.78 is 5.44. The maximum atomic E-state index is 12.1. The number of likely N-dealkylation sites (tertiary alicyclic amines) is 1. The predicted octanol–water partition coefficient (Wildman–Crippen LogP) is 1.94. The van der Waals surface area contributed by atoms with E-state index < -0.39 is 5.60 Å². The summed E-state index contributed by atoms with van der Waals surface area (Å²) in [4.78, 5) is 22.3. The SMILES string of the molecule is CC(C)(C)OC(=O)N1CCCC(NCc2nccc(N)n2)CC1. The molecular formula is C16H27N5O2. The highest BCUT2D eigenvalue weighted by Crippen LogP contribution is 2.15. The summed E-state index contributed by atoms with van der Waals surface area (Å²) in [7, 11) is 0. The number of hydrogen-bond donors (Lipinski definition) is 2. The van der Waals surface area contributed by atoms with E-state index in [4.69, 9.17) is 10.5 Å². The molecule has 2 rings (SSSR count). The van der Waals surface area contributed by atoms with Crippen molar-refractivity contribution in [1.82, 2.24) is 20.2 Å². The number of nitrogens with two attached hydrogens (primary N) is 1. The highest BCUT2D eigenvalue weighted by molar-refractivity contribution is 5.68. The second-order valence-electron chi connectivity index (χ2n) is 6.87. The highest BCUT2D eigenvalue weighted by Gasteiger charge is 2.25. The van der Waals surface area contributed by atoms with Crippen molar-refractivity contribution in [2.45, 2.75) is 58.2 Å². The Labute approximate surface area is 137 Å². The number of nitrogens with zero attached hydrogens (tertiary/aromatic N) is 3. The Morgan fingerprint density at radius 3 is 2.91 bits per heavy atom. The molecule has 1 aromatic heterocycles. The topological polar surface area (TPSA) is 93.4 Å². The van der Waals surface area contributed by atoms with Gasteiger partial charge in [-0.1, -0.05) is 0 Å². The van der Waals surface area contributed by atoms with Crippen LogP contribution in [-0.4, -0.2) is 45.7 Å². The quantitative estimate of drug-likeness (QED) is 0.883. The lowest BCUT2D eigenvalue weighted by atomic mass is 10.1. The molecule has 2 heterocycles. The van der Waals surface area contributed by atoms with Gasteiger partial charge in [-0.15, -0.1) is 0 Å². The van der Waals surface area contributed by atoms with Crippen molar-refractivity contribution in [2.24, 2.45) is 0 Å². The van der Waals surface area contributed by atoms with E-state index in [-0.39, 0.29) is 6.09 Å². The van der Waals surface area contributed by atoms with E-state index in [9.17, 15) is 4.79 Å². The zero-order valence-corrected chi connectivity index (χ0v) is 14.2. The fraction of sp³-hybridized carbons (Fsp3) is 0.688. The second kappa shape index (κ2) is 7.59. The summed E-state index contributed by atoms with van der Waals surface area (Å²) in [6, 6.07) is 2.01. The molecule has 0 aromatic carbocycles. The first kappa shape index (κ1) is 17.5. The molecule has 7 nitrogen and oxygen atoms in total. The van der Waals surface area contributed by atoms with Gasteiger partial charge in [0, 0.05) is 25.3 Å². The smallest absolute Gasteiger partial charge is 0.410 e. The van der Waals surface area contributed by atoms with E-state index in [1.165, 1.54) is 0 Å². The van der Waals surface area contributed by atoms with Crippen LogP contribution in [0.2, 0.25) is 0 Å². The third-order valence-electron chi connectivity index (χ3n) is 3.66. The van der Waals surface area contributed by atoms with Crippen LogP contribution in [0.5, 0.6) is 0 Å². The van der Waals surface area contributed by atoms with E-state index in [0.29, 0.717) is 30.8 Å². The molecule has 1 unspecified atom stereocenters. The largest absolute Gasteiger partial charge is 0.444 e. The van der Waals surface area contributed by atoms with Crippen molar-refractivity contribution in [2.75, 3.05) is 18.8 Å². The molecule has 7 heteroatoms. The Kier molecular flexibility index (Phi) is 5.76. The molecule has 0 spiro atoms. The highest BCUT2D eigenvalue weighted by atomic mass is 16.6. The summed E-state index contributed by atoms with van der Waals surface area (Å²) in [5, 5.41) is 3.45. The van der Waals surface area contributed by atoms with Crippen LogP contribution in [0.3, 0.4) is 0 Å². The Morgan fingerprint density at radius 1 is 1.43 bits per heavy atom. The summed E-state index contributed by atoms with van der Waals surface area (Å²) in [5.74, 6) is 1.17. The minimum absolute atomic E-state index is 0.225. The second-order valence-corrected chi connectivity index (χ2v) is 6.87. The van der Waals surface area contributed by atoms with Crippen LogP contribution in [0.4, 0.5) is 10.6 Å². The lowest BCUT2D eigenvalue weighted by Gasteiger charge is -2.26. The molecule has 1 aromatic rings. The number of anilines is 1. The van der Waals surface area contributed by atoms with Crippen LogP contribution < -0.4 is 11.1 Å². The fourth-order valence-electron chi connectivity index (χ4n) is 2.55. The van der Waals surface area contributed by atoms with Crippen molar-refractivity contribution in [3.8, 4) is 0 Å². The van der Waals surface area contributed by atoms with Crippen molar-refractivity contribution in [1.29, 1.82) is 0 Å². The third kappa shape index (κ3) is 6.02.